The Morgan fingerprint density at radius 3 is 2.97 bits per heavy atom. The van der Waals surface area contributed by atoms with Crippen LogP contribution in [0.25, 0.3) is 16.7 Å². The van der Waals surface area contributed by atoms with Crippen molar-refractivity contribution >= 4 is 28.4 Å². The standard InChI is InChI=1S/C22H23N7O2/c1-2-15-19(21(23)30)27-17-8-4-3-7-16(17)20(15)31-12-14-6-5-11-28(14)18-9-10-24-22-25-13-26-29(18)22/h3-4,7-10,13-14H,2,5-6,11-12H2,1H3,(H2,23,30)/t14-/m1/s1. The third kappa shape index (κ3) is 3.31. The first-order valence-corrected chi connectivity index (χ1v) is 10.4. The molecule has 158 valence electrons. The number of aromatic nitrogens is 5. The van der Waals surface area contributed by atoms with Gasteiger partial charge in [0.1, 0.15) is 30.2 Å². The molecule has 4 heterocycles. The average Bonchev–Trinajstić information content (AvgIpc) is 3.45. The molecular weight excluding hydrogens is 394 g/mol. The van der Waals surface area contributed by atoms with E-state index in [1.807, 2.05) is 37.3 Å². The normalized spacial score (nSPS) is 16.3. The molecule has 0 unspecified atom stereocenters. The minimum Gasteiger partial charge on any atom is -0.490 e. The molecule has 0 saturated carbocycles. The van der Waals surface area contributed by atoms with E-state index in [4.69, 9.17) is 10.5 Å². The van der Waals surface area contributed by atoms with Crippen LogP contribution < -0.4 is 15.4 Å². The molecule has 0 bridgehead atoms. The lowest BCUT2D eigenvalue weighted by Gasteiger charge is -2.27. The lowest BCUT2D eigenvalue weighted by atomic mass is 10.0. The van der Waals surface area contributed by atoms with Crippen LogP contribution in [-0.4, -0.2) is 49.7 Å². The van der Waals surface area contributed by atoms with Crippen molar-refractivity contribution in [2.45, 2.75) is 32.2 Å². The number of fused-ring (bicyclic) bond motifs is 2. The molecule has 1 atom stereocenters. The molecule has 9 nitrogen and oxygen atoms in total. The molecule has 3 aromatic heterocycles. The lowest BCUT2D eigenvalue weighted by molar-refractivity contribution is 0.0994. The van der Waals surface area contributed by atoms with Crippen molar-refractivity contribution in [1.82, 2.24) is 24.6 Å². The molecule has 1 aromatic carbocycles. The molecule has 1 amide bonds. The van der Waals surface area contributed by atoms with E-state index in [-0.39, 0.29) is 11.7 Å². The molecule has 0 radical (unpaired) electrons. The number of hydrogen-bond acceptors (Lipinski definition) is 7. The SMILES string of the molecule is CCc1c(C(N)=O)nc2ccccc2c1OC[C@H]1CCCN1c1ccnc2ncnn12. The molecule has 1 aliphatic rings. The van der Waals surface area contributed by atoms with Gasteiger partial charge in [0.05, 0.1) is 11.6 Å². The number of carbonyl (C=O) groups excluding carboxylic acids is 1. The third-order valence-electron chi connectivity index (χ3n) is 5.78. The number of rotatable bonds is 6. The van der Waals surface area contributed by atoms with E-state index in [0.717, 1.165) is 36.2 Å². The maximum Gasteiger partial charge on any atom is 0.267 e. The van der Waals surface area contributed by atoms with Gasteiger partial charge in [-0.2, -0.15) is 14.6 Å². The summed E-state index contributed by atoms with van der Waals surface area (Å²) in [6.07, 6.45) is 5.90. The first kappa shape index (κ1) is 19.2. The number of anilines is 1. The van der Waals surface area contributed by atoms with E-state index in [0.29, 0.717) is 30.1 Å². The van der Waals surface area contributed by atoms with Crippen LogP contribution in [0.15, 0.2) is 42.9 Å². The van der Waals surface area contributed by atoms with Crippen LogP contribution in [0.5, 0.6) is 5.75 Å². The number of carbonyl (C=O) groups is 1. The molecular formula is C22H23N7O2. The zero-order valence-electron chi connectivity index (χ0n) is 17.2. The number of primary amides is 1. The first-order chi connectivity index (χ1) is 15.2. The Morgan fingerprint density at radius 1 is 1.26 bits per heavy atom. The second kappa shape index (κ2) is 7.82. The van der Waals surface area contributed by atoms with Crippen LogP contribution in [0.3, 0.4) is 0 Å². The molecule has 5 rings (SSSR count). The molecule has 0 aliphatic carbocycles. The van der Waals surface area contributed by atoms with Crippen molar-refractivity contribution in [3.05, 3.63) is 54.1 Å². The molecule has 1 aliphatic heterocycles. The van der Waals surface area contributed by atoms with Gasteiger partial charge in [-0.25, -0.2) is 9.97 Å². The topological polar surface area (TPSA) is 112 Å². The van der Waals surface area contributed by atoms with Gasteiger partial charge in [-0.05, 0) is 37.5 Å². The Labute approximate surface area is 178 Å². The predicted octanol–water partition coefficient (Wildman–Crippen LogP) is 2.38. The van der Waals surface area contributed by atoms with E-state index < -0.39 is 5.91 Å². The number of para-hydroxylation sites is 1. The van der Waals surface area contributed by atoms with Gasteiger partial charge in [-0.15, -0.1) is 0 Å². The van der Waals surface area contributed by atoms with Gasteiger partial charge >= 0.3 is 0 Å². The van der Waals surface area contributed by atoms with E-state index >= 15 is 0 Å². The Balaban J connectivity index is 1.49. The van der Waals surface area contributed by atoms with E-state index in [2.05, 4.69) is 25.0 Å². The molecule has 1 saturated heterocycles. The number of amides is 1. The quantitative estimate of drug-likeness (QED) is 0.513. The van der Waals surface area contributed by atoms with Gasteiger partial charge in [-0.3, -0.25) is 4.79 Å². The lowest BCUT2D eigenvalue weighted by Crippen LogP contribution is -2.35. The molecule has 31 heavy (non-hydrogen) atoms. The van der Waals surface area contributed by atoms with Crippen LogP contribution in [0, 0.1) is 0 Å². The Kier molecular flexibility index (Phi) is 4.85. The zero-order valence-corrected chi connectivity index (χ0v) is 17.2. The van der Waals surface area contributed by atoms with Gasteiger partial charge in [0.25, 0.3) is 11.7 Å². The van der Waals surface area contributed by atoms with Crippen molar-refractivity contribution in [3.63, 3.8) is 0 Å². The molecule has 0 spiro atoms. The summed E-state index contributed by atoms with van der Waals surface area (Å²) in [5, 5.41) is 5.20. The van der Waals surface area contributed by atoms with E-state index in [1.165, 1.54) is 6.33 Å². The van der Waals surface area contributed by atoms with Gasteiger partial charge < -0.3 is 15.4 Å². The van der Waals surface area contributed by atoms with Crippen LogP contribution in [-0.2, 0) is 6.42 Å². The highest BCUT2D eigenvalue weighted by Gasteiger charge is 2.28. The maximum absolute atomic E-state index is 12.0. The highest BCUT2D eigenvalue weighted by Crippen LogP contribution is 2.33. The summed E-state index contributed by atoms with van der Waals surface area (Å²) in [7, 11) is 0. The van der Waals surface area contributed by atoms with Gasteiger partial charge in [0.15, 0.2) is 0 Å². The number of nitrogens with two attached hydrogens (primary N) is 1. The number of hydrogen-bond donors (Lipinski definition) is 1. The first-order valence-electron chi connectivity index (χ1n) is 10.4. The van der Waals surface area contributed by atoms with Crippen LogP contribution in [0.1, 0.15) is 35.8 Å². The number of benzene rings is 1. The van der Waals surface area contributed by atoms with Gasteiger partial charge in [0, 0.05) is 23.7 Å². The van der Waals surface area contributed by atoms with Crippen LogP contribution >= 0.6 is 0 Å². The number of pyridine rings is 1. The van der Waals surface area contributed by atoms with Crippen LogP contribution in [0.2, 0.25) is 0 Å². The summed E-state index contributed by atoms with van der Waals surface area (Å²) in [5.41, 5.74) is 7.35. The van der Waals surface area contributed by atoms with E-state index in [1.54, 1.807) is 10.7 Å². The Bertz CT molecular complexity index is 1270. The van der Waals surface area contributed by atoms with Crippen molar-refractivity contribution in [3.8, 4) is 5.75 Å². The zero-order chi connectivity index (χ0) is 21.4. The summed E-state index contributed by atoms with van der Waals surface area (Å²) in [6.45, 7) is 3.35. The molecule has 9 heteroatoms. The Morgan fingerprint density at radius 2 is 2.13 bits per heavy atom. The average molecular weight is 417 g/mol. The Hall–Kier alpha value is -3.75. The predicted molar refractivity (Wildman–Crippen MR) is 116 cm³/mol. The van der Waals surface area contributed by atoms with Gasteiger partial charge in [0.2, 0.25) is 0 Å². The summed E-state index contributed by atoms with van der Waals surface area (Å²) in [4.78, 5) is 27.3. The summed E-state index contributed by atoms with van der Waals surface area (Å²) in [6, 6.07) is 9.78. The minimum atomic E-state index is -0.541. The van der Waals surface area contributed by atoms with Crippen molar-refractivity contribution in [2.24, 2.45) is 5.73 Å². The second-order valence-electron chi connectivity index (χ2n) is 7.58. The van der Waals surface area contributed by atoms with Gasteiger partial charge in [-0.1, -0.05) is 19.1 Å². The number of ether oxygens (including phenoxy) is 1. The minimum absolute atomic E-state index is 0.156. The van der Waals surface area contributed by atoms with Crippen LogP contribution in [0.4, 0.5) is 5.82 Å². The molecule has 2 N–H and O–H groups in total. The van der Waals surface area contributed by atoms with Crippen molar-refractivity contribution in [1.29, 1.82) is 0 Å². The highest BCUT2D eigenvalue weighted by molar-refractivity contribution is 5.98. The van der Waals surface area contributed by atoms with Crippen molar-refractivity contribution < 1.29 is 9.53 Å². The number of nitrogens with zero attached hydrogens (tertiary/aromatic N) is 6. The largest absolute Gasteiger partial charge is 0.490 e. The highest BCUT2D eigenvalue weighted by atomic mass is 16.5. The fraction of sp³-hybridized carbons (Fsp3) is 0.318. The fourth-order valence-corrected chi connectivity index (χ4v) is 4.35. The third-order valence-corrected chi connectivity index (χ3v) is 5.78. The summed E-state index contributed by atoms with van der Waals surface area (Å²) in [5.74, 6) is 1.67. The second-order valence-corrected chi connectivity index (χ2v) is 7.58. The maximum atomic E-state index is 12.0. The summed E-state index contributed by atoms with van der Waals surface area (Å²) < 4.78 is 8.16. The van der Waals surface area contributed by atoms with Crippen molar-refractivity contribution in [2.75, 3.05) is 18.1 Å². The van der Waals surface area contributed by atoms with E-state index in [9.17, 15) is 4.79 Å². The summed E-state index contributed by atoms with van der Waals surface area (Å²) >= 11 is 0. The molecule has 4 aromatic rings. The smallest absolute Gasteiger partial charge is 0.267 e. The fourth-order valence-electron chi connectivity index (χ4n) is 4.35. The monoisotopic (exact) mass is 417 g/mol. The molecule has 1 fully saturated rings.